The minimum absolute atomic E-state index is 0.0225. The maximum atomic E-state index is 11.2. The lowest BCUT2D eigenvalue weighted by Crippen LogP contribution is -2.20. The van der Waals surface area contributed by atoms with Crippen molar-refractivity contribution in [2.24, 2.45) is 0 Å². The first kappa shape index (κ1) is 10.8. The predicted octanol–water partition coefficient (Wildman–Crippen LogP) is -0.164. The minimum Gasteiger partial charge on any atom is -0.465 e. The summed E-state index contributed by atoms with van der Waals surface area (Å²) in [6.07, 6.45) is 2.32. The van der Waals surface area contributed by atoms with Crippen LogP contribution in [0.25, 0.3) is 0 Å². The van der Waals surface area contributed by atoms with Gasteiger partial charge in [0.05, 0.1) is 6.61 Å². The molecule has 0 atom stereocenters. The molecule has 1 aliphatic heterocycles. The molecule has 2 heterocycles. The van der Waals surface area contributed by atoms with Crippen LogP contribution >= 0.6 is 0 Å². The quantitative estimate of drug-likeness (QED) is 0.663. The van der Waals surface area contributed by atoms with E-state index in [1.165, 1.54) is 4.80 Å². The van der Waals surface area contributed by atoms with Gasteiger partial charge in [-0.3, -0.25) is 0 Å². The highest BCUT2D eigenvalue weighted by molar-refractivity contribution is 5.68. The molecule has 88 valence electrons. The lowest BCUT2D eigenvalue weighted by Gasteiger charge is -2.09. The van der Waals surface area contributed by atoms with Gasteiger partial charge >= 0.3 is 5.97 Å². The molecule has 7 nitrogen and oxygen atoms in total. The van der Waals surface area contributed by atoms with Gasteiger partial charge in [-0.25, -0.2) is 4.79 Å². The van der Waals surface area contributed by atoms with Gasteiger partial charge in [0.1, 0.15) is 0 Å². The number of nitrogens with zero attached hydrogens (tertiary/aromatic N) is 5. The first-order chi connectivity index (χ1) is 7.79. The second-order valence-corrected chi connectivity index (χ2v) is 3.62. The summed E-state index contributed by atoms with van der Waals surface area (Å²) >= 11 is 0. The molecule has 16 heavy (non-hydrogen) atoms. The van der Waals surface area contributed by atoms with Crippen LogP contribution in [0.1, 0.15) is 19.8 Å². The number of tetrazole rings is 1. The fraction of sp³-hybridized carbons (Fsp3) is 0.778. The molecule has 0 N–H and O–H groups in total. The van der Waals surface area contributed by atoms with E-state index in [0.717, 1.165) is 25.9 Å². The summed E-state index contributed by atoms with van der Waals surface area (Å²) in [7, 11) is 0. The van der Waals surface area contributed by atoms with Gasteiger partial charge in [0, 0.05) is 13.1 Å². The average Bonchev–Trinajstić information content (AvgIpc) is 2.86. The zero-order valence-corrected chi connectivity index (χ0v) is 9.30. The summed E-state index contributed by atoms with van der Waals surface area (Å²) in [5.74, 6) is 0.259. The lowest BCUT2D eigenvalue weighted by atomic mass is 10.4. The third-order valence-corrected chi connectivity index (χ3v) is 2.41. The largest absolute Gasteiger partial charge is 0.465 e. The molecule has 0 aromatic carbocycles. The van der Waals surface area contributed by atoms with Crippen molar-refractivity contribution in [1.82, 2.24) is 20.2 Å². The molecule has 0 saturated carbocycles. The van der Waals surface area contributed by atoms with Crippen LogP contribution in [0.15, 0.2) is 0 Å². The molecule has 1 aliphatic rings. The normalized spacial score (nSPS) is 15.4. The third-order valence-electron chi connectivity index (χ3n) is 2.41. The Morgan fingerprint density at radius 2 is 2.19 bits per heavy atom. The zero-order chi connectivity index (χ0) is 11.4. The molecule has 0 radical (unpaired) electrons. The number of rotatable bonds is 4. The monoisotopic (exact) mass is 225 g/mol. The highest BCUT2D eigenvalue weighted by Gasteiger charge is 2.17. The molecule has 0 spiro atoms. The van der Waals surface area contributed by atoms with Crippen molar-refractivity contribution in [1.29, 1.82) is 0 Å². The maximum Gasteiger partial charge on any atom is 0.329 e. The van der Waals surface area contributed by atoms with E-state index in [4.69, 9.17) is 4.74 Å². The average molecular weight is 225 g/mol. The minimum atomic E-state index is -0.340. The number of carbonyl (C=O) groups excluding carboxylic acids is 1. The Kier molecular flexibility index (Phi) is 3.33. The van der Waals surface area contributed by atoms with E-state index in [2.05, 4.69) is 20.3 Å². The number of ether oxygens (including phenoxy) is 1. The molecule has 1 aromatic heterocycles. The van der Waals surface area contributed by atoms with Crippen molar-refractivity contribution < 1.29 is 9.53 Å². The molecule has 1 fully saturated rings. The highest BCUT2D eigenvalue weighted by Crippen LogP contribution is 2.13. The van der Waals surface area contributed by atoms with E-state index < -0.39 is 0 Å². The molecule has 0 unspecified atom stereocenters. The van der Waals surface area contributed by atoms with Crippen LogP contribution in [0.2, 0.25) is 0 Å². The fourth-order valence-electron chi connectivity index (χ4n) is 1.67. The second-order valence-electron chi connectivity index (χ2n) is 3.62. The number of carbonyl (C=O) groups is 1. The highest BCUT2D eigenvalue weighted by atomic mass is 16.5. The standard InChI is InChI=1S/C9H15N5O2/c1-2-16-8(15)7-14-11-9(10-12-14)13-5-3-4-6-13/h2-7H2,1H3. The van der Waals surface area contributed by atoms with E-state index in [1.54, 1.807) is 6.92 Å². The lowest BCUT2D eigenvalue weighted by molar-refractivity contribution is -0.144. The van der Waals surface area contributed by atoms with Gasteiger partial charge in [-0.05, 0) is 25.0 Å². The molecule has 0 amide bonds. The van der Waals surface area contributed by atoms with Crippen molar-refractivity contribution in [3.63, 3.8) is 0 Å². The summed E-state index contributed by atoms with van der Waals surface area (Å²) in [4.78, 5) is 14.5. The molecule has 2 rings (SSSR count). The van der Waals surface area contributed by atoms with Crippen LogP contribution in [0.4, 0.5) is 5.95 Å². The molecule has 1 saturated heterocycles. The van der Waals surface area contributed by atoms with Crippen molar-refractivity contribution in [3.05, 3.63) is 0 Å². The topological polar surface area (TPSA) is 73.1 Å². The van der Waals surface area contributed by atoms with E-state index in [0.29, 0.717) is 12.6 Å². The smallest absolute Gasteiger partial charge is 0.329 e. The van der Waals surface area contributed by atoms with Crippen LogP contribution in [-0.2, 0) is 16.1 Å². The van der Waals surface area contributed by atoms with Gasteiger partial charge in [0.2, 0.25) is 0 Å². The Morgan fingerprint density at radius 1 is 1.44 bits per heavy atom. The summed E-state index contributed by atoms with van der Waals surface area (Å²) in [6.45, 7) is 4.08. The van der Waals surface area contributed by atoms with Crippen molar-refractivity contribution in [2.75, 3.05) is 24.6 Å². The van der Waals surface area contributed by atoms with Crippen LogP contribution in [-0.4, -0.2) is 45.9 Å². The van der Waals surface area contributed by atoms with E-state index in [1.807, 2.05) is 0 Å². The second kappa shape index (κ2) is 4.91. The van der Waals surface area contributed by atoms with E-state index >= 15 is 0 Å². The van der Waals surface area contributed by atoms with Crippen LogP contribution < -0.4 is 4.90 Å². The number of aromatic nitrogens is 4. The summed E-state index contributed by atoms with van der Waals surface area (Å²) in [5.41, 5.74) is 0. The van der Waals surface area contributed by atoms with Crippen molar-refractivity contribution in [2.45, 2.75) is 26.3 Å². The van der Waals surface area contributed by atoms with Crippen LogP contribution in [0.5, 0.6) is 0 Å². The maximum absolute atomic E-state index is 11.2. The fourth-order valence-corrected chi connectivity index (χ4v) is 1.67. The van der Waals surface area contributed by atoms with Gasteiger partial charge < -0.3 is 9.64 Å². The Bertz CT molecular complexity index is 359. The number of hydrogen-bond donors (Lipinski definition) is 0. The molecule has 0 bridgehead atoms. The third kappa shape index (κ3) is 2.47. The molecule has 7 heteroatoms. The number of esters is 1. The Hall–Kier alpha value is -1.66. The van der Waals surface area contributed by atoms with E-state index in [9.17, 15) is 4.79 Å². The van der Waals surface area contributed by atoms with Gasteiger partial charge in [-0.1, -0.05) is 5.10 Å². The molecule has 0 aliphatic carbocycles. The van der Waals surface area contributed by atoms with E-state index in [-0.39, 0.29) is 12.5 Å². The SMILES string of the molecule is CCOC(=O)Cn1nnc(N2CCCC2)n1. The van der Waals surface area contributed by atoms with Crippen molar-refractivity contribution in [3.8, 4) is 0 Å². The Morgan fingerprint density at radius 3 is 2.88 bits per heavy atom. The van der Waals surface area contributed by atoms with Gasteiger partial charge in [0.25, 0.3) is 5.95 Å². The van der Waals surface area contributed by atoms with Gasteiger partial charge in [0.15, 0.2) is 6.54 Å². The summed E-state index contributed by atoms with van der Waals surface area (Å²) < 4.78 is 4.80. The molecular formula is C9H15N5O2. The summed E-state index contributed by atoms with van der Waals surface area (Å²) in [6, 6.07) is 0. The predicted molar refractivity (Wildman–Crippen MR) is 55.9 cm³/mol. The van der Waals surface area contributed by atoms with Crippen molar-refractivity contribution >= 4 is 11.9 Å². The van der Waals surface area contributed by atoms with Gasteiger partial charge in [-0.2, -0.15) is 4.80 Å². The van der Waals surface area contributed by atoms with Crippen LogP contribution in [0.3, 0.4) is 0 Å². The zero-order valence-electron chi connectivity index (χ0n) is 9.30. The Balaban J connectivity index is 1.93. The Labute approximate surface area is 93.4 Å². The molecular weight excluding hydrogens is 210 g/mol. The van der Waals surface area contributed by atoms with Gasteiger partial charge in [-0.15, -0.1) is 5.10 Å². The summed E-state index contributed by atoms with van der Waals surface area (Å²) in [5, 5.41) is 11.9. The van der Waals surface area contributed by atoms with Crippen LogP contribution in [0, 0.1) is 0 Å². The first-order valence-electron chi connectivity index (χ1n) is 5.48. The molecule has 1 aromatic rings. The number of anilines is 1. The first-order valence-corrected chi connectivity index (χ1v) is 5.48. The number of hydrogen-bond acceptors (Lipinski definition) is 6.